The zero-order valence-electron chi connectivity index (χ0n) is 10.0. The molecule has 0 saturated heterocycles. The van der Waals surface area contributed by atoms with Gasteiger partial charge in [-0.05, 0) is 24.7 Å². The average Bonchev–Trinajstić information content (AvgIpc) is 2.19. The van der Waals surface area contributed by atoms with Crippen molar-refractivity contribution in [2.45, 2.75) is 77.7 Å². The van der Waals surface area contributed by atoms with Gasteiger partial charge in [0.25, 0.3) is 0 Å². The third-order valence-corrected chi connectivity index (χ3v) is 4.01. The molecule has 0 aliphatic heterocycles. The van der Waals surface area contributed by atoms with E-state index in [9.17, 15) is 0 Å². The van der Waals surface area contributed by atoms with E-state index < -0.39 is 0 Å². The molecular formula is C13H27N. The van der Waals surface area contributed by atoms with Crippen LogP contribution in [0.1, 0.15) is 71.6 Å². The monoisotopic (exact) mass is 197 g/mol. The predicted molar refractivity (Wildman–Crippen MR) is 63.3 cm³/mol. The fourth-order valence-electron chi connectivity index (χ4n) is 2.69. The van der Waals surface area contributed by atoms with E-state index in [1.165, 1.54) is 57.8 Å². The Kier molecular flexibility index (Phi) is 4.94. The summed E-state index contributed by atoms with van der Waals surface area (Å²) < 4.78 is 0. The third kappa shape index (κ3) is 3.27. The Hall–Kier alpha value is -0.0400. The van der Waals surface area contributed by atoms with Crippen LogP contribution >= 0.6 is 0 Å². The molecule has 0 bridgehead atoms. The number of hydrogen-bond donors (Lipinski definition) is 1. The van der Waals surface area contributed by atoms with Gasteiger partial charge in [0.1, 0.15) is 0 Å². The maximum absolute atomic E-state index is 6.32. The Morgan fingerprint density at radius 1 is 1.14 bits per heavy atom. The molecule has 0 heterocycles. The van der Waals surface area contributed by atoms with Gasteiger partial charge >= 0.3 is 0 Å². The van der Waals surface area contributed by atoms with Crippen molar-refractivity contribution in [3.63, 3.8) is 0 Å². The van der Waals surface area contributed by atoms with Crippen molar-refractivity contribution in [1.29, 1.82) is 0 Å². The van der Waals surface area contributed by atoms with Gasteiger partial charge in [-0.3, -0.25) is 0 Å². The number of rotatable bonds is 5. The van der Waals surface area contributed by atoms with Gasteiger partial charge in [0.2, 0.25) is 0 Å². The molecule has 1 fully saturated rings. The molecule has 1 aliphatic rings. The van der Waals surface area contributed by atoms with Gasteiger partial charge in [-0.2, -0.15) is 0 Å². The zero-order chi connectivity index (χ0) is 10.4. The highest BCUT2D eigenvalue weighted by Gasteiger charge is 2.32. The minimum absolute atomic E-state index is 0.453. The van der Waals surface area contributed by atoms with E-state index >= 15 is 0 Å². The molecule has 1 rings (SSSR count). The molecule has 1 aliphatic carbocycles. The standard InChI is InChI=1S/C13H27N/c1-3-4-6-9-12(14)13(2)10-7-5-8-11-13/h12H,3-11,14H2,1-2H3. The Labute approximate surface area is 89.5 Å². The summed E-state index contributed by atoms with van der Waals surface area (Å²) in [6.07, 6.45) is 12.2. The van der Waals surface area contributed by atoms with E-state index in [0.29, 0.717) is 11.5 Å². The van der Waals surface area contributed by atoms with Gasteiger partial charge in [0.05, 0.1) is 0 Å². The largest absolute Gasteiger partial charge is 0.327 e. The Balaban J connectivity index is 2.29. The number of hydrogen-bond acceptors (Lipinski definition) is 1. The highest BCUT2D eigenvalue weighted by molar-refractivity contribution is 4.87. The lowest BCUT2D eigenvalue weighted by molar-refractivity contribution is 0.161. The van der Waals surface area contributed by atoms with Crippen molar-refractivity contribution in [1.82, 2.24) is 0 Å². The van der Waals surface area contributed by atoms with E-state index in [-0.39, 0.29) is 0 Å². The van der Waals surface area contributed by atoms with Gasteiger partial charge in [-0.1, -0.05) is 52.4 Å². The molecule has 0 amide bonds. The molecule has 84 valence electrons. The van der Waals surface area contributed by atoms with Crippen molar-refractivity contribution in [2.75, 3.05) is 0 Å². The van der Waals surface area contributed by atoms with E-state index in [1.54, 1.807) is 0 Å². The quantitative estimate of drug-likeness (QED) is 0.665. The Bertz CT molecular complexity index is 147. The van der Waals surface area contributed by atoms with Crippen LogP contribution in [0, 0.1) is 5.41 Å². The second-order valence-corrected chi connectivity index (χ2v) is 5.32. The van der Waals surface area contributed by atoms with Crippen LogP contribution in [0.5, 0.6) is 0 Å². The summed E-state index contributed by atoms with van der Waals surface area (Å²) in [6.45, 7) is 4.66. The van der Waals surface area contributed by atoms with E-state index in [4.69, 9.17) is 5.73 Å². The Morgan fingerprint density at radius 3 is 2.36 bits per heavy atom. The molecule has 0 radical (unpaired) electrons. The maximum atomic E-state index is 6.32. The smallest absolute Gasteiger partial charge is 0.00929 e. The molecule has 1 heteroatoms. The summed E-state index contributed by atoms with van der Waals surface area (Å²) >= 11 is 0. The first-order valence-corrected chi connectivity index (χ1v) is 6.44. The second kappa shape index (κ2) is 5.75. The topological polar surface area (TPSA) is 26.0 Å². The minimum Gasteiger partial charge on any atom is -0.327 e. The van der Waals surface area contributed by atoms with Gasteiger partial charge < -0.3 is 5.73 Å². The summed E-state index contributed by atoms with van der Waals surface area (Å²) in [6, 6.07) is 0.453. The summed E-state index contributed by atoms with van der Waals surface area (Å²) in [7, 11) is 0. The second-order valence-electron chi connectivity index (χ2n) is 5.32. The third-order valence-electron chi connectivity index (χ3n) is 4.01. The fourth-order valence-corrected chi connectivity index (χ4v) is 2.69. The van der Waals surface area contributed by atoms with Crippen molar-refractivity contribution in [3.05, 3.63) is 0 Å². The normalized spacial score (nSPS) is 23.4. The lowest BCUT2D eigenvalue weighted by Crippen LogP contribution is -2.40. The first kappa shape index (κ1) is 12.0. The fraction of sp³-hybridized carbons (Fsp3) is 1.00. The lowest BCUT2D eigenvalue weighted by atomic mass is 9.69. The molecule has 0 aromatic rings. The Morgan fingerprint density at radius 2 is 1.79 bits per heavy atom. The van der Waals surface area contributed by atoms with Crippen LogP contribution in [-0.2, 0) is 0 Å². The first-order chi connectivity index (χ1) is 6.69. The van der Waals surface area contributed by atoms with Crippen LogP contribution in [0.25, 0.3) is 0 Å². The van der Waals surface area contributed by atoms with Crippen molar-refractivity contribution in [2.24, 2.45) is 11.1 Å². The molecule has 1 atom stereocenters. The van der Waals surface area contributed by atoms with E-state index in [2.05, 4.69) is 13.8 Å². The van der Waals surface area contributed by atoms with Crippen LogP contribution in [0.3, 0.4) is 0 Å². The van der Waals surface area contributed by atoms with E-state index in [1.807, 2.05) is 0 Å². The maximum Gasteiger partial charge on any atom is 0.00929 e. The molecule has 2 N–H and O–H groups in total. The minimum atomic E-state index is 0.453. The van der Waals surface area contributed by atoms with Gasteiger partial charge in [-0.15, -0.1) is 0 Å². The summed E-state index contributed by atoms with van der Waals surface area (Å²) in [5.74, 6) is 0. The SMILES string of the molecule is CCCCCC(N)C1(C)CCCCC1. The van der Waals surface area contributed by atoms with Crippen LogP contribution in [0.4, 0.5) is 0 Å². The predicted octanol–water partition coefficient (Wildman–Crippen LogP) is 3.86. The van der Waals surface area contributed by atoms with Gasteiger partial charge in [0, 0.05) is 6.04 Å². The van der Waals surface area contributed by atoms with Crippen LogP contribution in [0.2, 0.25) is 0 Å². The molecule has 0 spiro atoms. The number of unbranched alkanes of at least 4 members (excludes halogenated alkanes) is 2. The van der Waals surface area contributed by atoms with Crippen LogP contribution in [0.15, 0.2) is 0 Å². The van der Waals surface area contributed by atoms with Gasteiger partial charge in [-0.25, -0.2) is 0 Å². The molecule has 1 unspecified atom stereocenters. The number of nitrogens with two attached hydrogens (primary N) is 1. The molecule has 0 aromatic heterocycles. The van der Waals surface area contributed by atoms with Crippen molar-refractivity contribution >= 4 is 0 Å². The lowest BCUT2D eigenvalue weighted by Gasteiger charge is -2.39. The molecule has 1 nitrogen and oxygen atoms in total. The van der Waals surface area contributed by atoms with Crippen molar-refractivity contribution < 1.29 is 0 Å². The highest BCUT2D eigenvalue weighted by atomic mass is 14.7. The van der Waals surface area contributed by atoms with E-state index in [0.717, 1.165) is 0 Å². The highest BCUT2D eigenvalue weighted by Crippen LogP contribution is 2.39. The zero-order valence-corrected chi connectivity index (χ0v) is 10.0. The molecule has 14 heavy (non-hydrogen) atoms. The van der Waals surface area contributed by atoms with Crippen LogP contribution < -0.4 is 5.73 Å². The summed E-state index contributed by atoms with van der Waals surface area (Å²) in [5.41, 5.74) is 6.79. The molecular weight excluding hydrogens is 170 g/mol. The van der Waals surface area contributed by atoms with Gasteiger partial charge in [0.15, 0.2) is 0 Å². The summed E-state index contributed by atoms with van der Waals surface area (Å²) in [4.78, 5) is 0. The average molecular weight is 197 g/mol. The molecule has 0 aromatic carbocycles. The van der Waals surface area contributed by atoms with Crippen LogP contribution in [-0.4, -0.2) is 6.04 Å². The summed E-state index contributed by atoms with van der Waals surface area (Å²) in [5, 5.41) is 0. The molecule has 1 saturated carbocycles. The van der Waals surface area contributed by atoms with Crippen molar-refractivity contribution in [3.8, 4) is 0 Å². The first-order valence-electron chi connectivity index (χ1n) is 6.44.